The molecule has 1 aromatic carbocycles. The first-order valence-electron chi connectivity index (χ1n) is 6.25. The highest BCUT2D eigenvalue weighted by Gasteiger charge is 2.14. The van der Waals surface area contributed by atoms with Crippen molar-refractivity contribution in [1.29, 1.82) is 0 Å². The minimum absolute atomic E-state index is 0.364. The van der Waals surface area contributed by atoms with Gasteiger partial charge in [-0.2, -0.15) is 0 Å². The molecule has 1 atom stereocenters. The maximum Gasteiger partial charge on any atom is 0.123 e. The number of hydrogen-bond donors (Lipinski definition) is 1. The van der Waals surface area contributed by atoms with Gasteiger partial charge in [-0.1, -0.05) is 12.1 Å². The Kier molecular flexibility index (Phi) is 3.83. The van der Waals surface area contributed by atoms with Crippen molar-refractivity contribution in [1.82, 2.24) is 10.3 Å². The van der Waals surface area contributed by atoms with E-state index in [0.29, 0.717) is 6.04 Å². The molecule has 0 bridgehead atoms. The van der Waals surface area contributed by atoms with E-state index >= 15 is 0 Å². The molecular formula is C15H20N2S. The molecular weight excluding hydrogens is 240 g/mol. The number of hydrogen-bond acceptors (Lipinski definition) is 3. The molecule has 0 aliphatic carbocycles. The van der Waals surface area contributed by atoms with Gasteiger partial charge < -0.3 is 5.32 Å². The monoisotopic (exact) mass is 260 g/mol. The highest BCUT2D eigenvalue weighted by Crippen LogP contribution is 2.32. The van der Waals surface area contributed by atoms with Crippen LogP contribution in [0.4, 0.5) is 0 Å². The van der Waals surface area contributed by atoms with Crippen LogP contribution < -0.4 is 5.32 Å². The van der Waals surface area contributed by atoms with Crippen LogP contribution >= 0.6 is 11.3 Å². The number of aryl methyl sites for hydroxylation is 3. The van der Waals surface area contributed by atoms with Crippen LogP contribution in [0.2, 0.25) is 0 Å². The Morgan fingerprint density at radius 1 is 1.17 bits per heavy atom. The molecule has 0 saturated heterocycles. The average Bonchev–Trinajstić information content (AvgIpc) is 2.74. The molecule has 0 saturated carbocycles. The van der Waals surface area contributed by atoms with Crippen LogP contribution in [0.1, 0.15) is 34.7 Å². The maximum atomic E-state index is 4.70. The second kappa shape index (κ2) is 5.21. The number of nitrogens with zero attached hydrogens (tertiary/aromatic N) is 1. The molecule has 1 N–H and O–H groups in total. The van der Waals surface area contributed by atoms with Gasteiger partial charge in [-0.3, -0.25) is 0 Å². The lowest BCUT2D eigenvalue weighted by molar-refractivity contribution is 0.658. The zero-order valence-corrected chi connectivity index (χ0v) is 12.5. The maximum absolute atomic E-state index is 4.70. The summed E-state index contributed by atoms with van der Waals surface area (Å²) >= 11 is 1.79. The minimum atomic E-state index is 0.364. The molecule has 1 heterocycles. The highest BCUT2D eigenvalue weighted by molar-refractivity contribution is 7.15. The van der Waals surface area contributed by atoms with Crippen molar-refractivity contribution >= 4 is 11.3 Å². The topological polar surface area (TPSA) is 24.9 Å². The molecule has 96 valence electrons. The third kappa shape index (κ3) is 2.47. The van der Waals surface area contributed by atoms with Crippen molar-refractivity contribution in [2.75, 3.05) is 7.05 Å². The molecule has 0 aliphatic rings. The van der Waals surface area contributed by atoms with Gasteiger partial charge in [0.15, 0.2) is 0 Å². The zero-order chi connectivity index (χ0) is 13.3. The van der Waals surface area contributed by atoms with Crippen molar-refractivity contribution < 1.29 is 0 Å². The van der Waals surface area contributed by atoms with Gasteiger partial charge in [-0.15, -0.1) is 11.3 Å². The van der Waals surface area contributed by atoms with E-state index in [2.05, 4.69) is 51.2 Å². The van der Waals surface area contributed by atoms with Gasteiger partial charge in [0.05, 0.1) is 5.69 Å². The number of aromatic nitrogens is 1. The molecule has 0 fully saturated rings. The van der Waals surface area contributed by atoms with Crippen molar-refractivity contribution in [2.45, 2.75) is 33.7 Å². The quantitative estimate of drug-likeness (QED) is 0.901. The average molecular weight is 260 g/mol. The van der Waals surface area contributed by atoms with Gasteiger partial charge in [0.25, 0.3) is 0 Å². The van der Waals surface area contributed by atoms with Gasteiger partial charge in [0.2, 0.25) is 0 Å². The van der Waals surface area contributed by atoms with Crippen LogP contribution in [0.15, 0.2) is 18.2 Å². The summed E-state index contributed by atoms with van der Waals surface area (Å²) in [6.45, 7) is 8.55. The van der Waals surface area contributed by atoms with Crippen LogP contribution in [0, 0.1) is 20.8 Å². The summed E-state index contributed by atoms with van der Waals surface area (Å²) < 4.78 is 0. The predicted octanol–water partition coefficient (Wildman–Crippen LogP) is 4.02. The predicted molar refractivity (Wildman–Crippen MR) is 79.2 cm³/mol. The van der Waals surface area contributed by atoms with Crippen LogP contribution in [0.3, 0.4) is 0 Å². The standard InChI is InChI=1S/C15H20N2S/c1-9-6-7-13(8-10(9)2)15-17-12(4)14(18-15)11(3)16-5/h6-8,11,16H,1-5H3. The molecule has 2 aromatic rings. The molecule has 0 spiro atoms. The van der Waals surface area contributed by atoms with Crippen molar-refractivity contribution in [2.24, 2.45) is 0 Å². The fourth-order valence-corrected chi connectivity index (χ4v) is 3.06. The van der Waals surface area contributed by atoms with E-state index in [1.54, 1.807) is 11.3 Å². The first-order valence-corrected chi connectivity index (χ1v) is 7.06. The smallest absolute Gasteiger partial charge is 0.123 e. The number of benzene rings is 1. The van der Waals surface area contributed by atoms with E-state index in [9.17, 15) is 0 Å². The van der Waals surface area contributed by atoms with Crippen molar-refractivity contribution in [3.8, 4) is 10.6 Å². The van der Waals surface area contributed by atoms with Gasteiger partial charge in [0, 0.05) is 16.5 Å². The van der Waals surface area contributed by atoms with E-state index in [-0.39, 0.29) is 0 Å². The highest BCUT2D eigenvalue weighted by atomic mass is 32.1. The van der Waals surface area contributed by atoms with E-state index in [1.165, 1.54) is 21.6 Å². The van der Waals surface area contributed by atoms with Crippen molar-refractivity contribution in [3.63, 3.8) is 0 Å². The fourth-order valence-electron chi connectivity index (χ4n) is 1.94. The van der Waals surface area contributed by atoms with Crippen LogP contribution in [-0.2, 0) is 0 Å². The summed E-state index contributed by atoms with van der Waals surface area (Å²) in [4.78, 5) is 6.02. The number of rotatable bonds is 3. The third-order valence-corrected chi connectivity index (χ3v) is 4.80. The number of nitrogens with one attached hydrogen (secondary N) is 1. The first kappa shape index (κ1) is 13.2. The Balaban J connectivity index is 2.42. The zero-order valence-electron chi connectivity index (χ0n) is 11.7. The van der Waals surface area contributed by atoms with Gasteiger partial charge in [0.1, 0.15) is 5.01 Å². The van der Waals surface area contributed by atoms with Gasteiger partial charge in [-0.05, 0) is 51.9 Å². The number of thiazole rings is 1. The lowest BCUT2D eigenvalue weighted by Crippen LogP contribution is -2.11. The van der Waals surface area contributed by atoms with E-state index < -0.39 is 0 Å². The van der Waals surface area contributed by atoms with Gasteiger partial charge in [-0.25, -0.2) is 4.98 Å². The summed E-state index contributed by atoms with van der Waals surface area (Å²) in [6, 6.07) is 6.92. The fraction of sp³-hybridized carbons (Fsp3) is 0.400. The van der Waals surface area contributed by atoms with Crippen LogP contribution in [-0.4, -0.2) is 12.0 Å². The summed E-state index contributed by atoms with van der Waals surface area (Å²) in [5.41, 5.74) is 5.01. The second-order valence-corrected chi connectivity index (χ2v) is 5.81. The van der Waals surface area contributed by atoms with E-state index in [4.69, 9.17) is 4.98 Å². The summed E-state index contributed by atoms with van der Waals surface area (Å²) in [6.07, 6.45) is 0. The molecule has 18 heavy (non-hydrogen) atoms. The van der Waals surface area contributed by atoms with Crippen LogP contribution in [0.25, 0.3) is 10.6 Å². The lowest BCUT2D eigenvalue weighted by Gasteiger charge is -2.07. The molecule has 0 amide bonds. The largest absolute Gasteiger partial charge is 0.312 e. The Hall–Kier alpha value is -1.19. The SMILES string of the molecule is CNC(C)c1sc(-c2ccc(C)c(C)c2)nc1C. The van der Waals surface area contributed by atoms with Gasteiger partial charge >= 0.3 is 0 Å². The molecule has 1 aromatic heterocycles. The molecule has 3 heteroatoms. The normalized spacial score (nSPS) is 12.7. The van der Waals surface area contributed by atoms with Crippen LogP contribution in [0.5, 0.6) is 0 Å². The summed E-state index contributed by atoms with van der Waals surface area (Å²) in [5, 5.41) is 4.40. The van der Waals surface area contributed by atoms with E-state index in [1.807, 2.05) is 7.05 Å². The molecule has 0 aliphatic heterocycles. The molecule has 2 rings (SSSR count). The lowest BCUT2D eigenvalue weighted by atomic mass is 10.1. The van der Waals surface area contributed by atoms with Crippen molar-refractivity contribution in [3.05, 3.63) is 39.9 Å². The minimum Gasteiger partial charge on any atom is -0.312 e. The Bertz CT molecular complexity index is 558. The first-order chi connectivity index (χ1) is 8.52. The molecule has 0 radical (unpaired) electrons. The third-order valence-electron chi connectivity index (χ3n) is 3.41. The Morgan fingerprint density at radius 3 is 2.50 bits per heavy atom. The van der Waals surface area contributed by atoms with E-state index in [0.717, 1.165) is 10.7 Å². The Labute approximate surface area is 113 Å². The second-order valence-electron chi connectivity index (χ2n) is 4.78. The Morgan fingerprint density at radius 2 is 1.89 bits per heavy atom. The summed E-state index contributed by atoms with van der Waals surface area (Å²) in [5.74, 6) is 0. The summed E-state index contributed by atoms with van der Waals surface area (Å²) in [7, 11) is 1.99. The molecule has 2 nitrogen and oxygen atoms in total. The molecule has 1 unspecified atom stereocenters.